The summed E-state index contributed by atoms with van der Waals surface area (Å²) < 4.78 is 44.4. The van der Waals surface area contributed by atoms with Crippen molar-refractivity contribution in [1.29, 1.82) is 0 Å². The van der Waals surface area contributed by atoms with Crippen LogP contribution in [0.25, 0.3) is 0 Å². The summed E-state index contributed by atoms with van der Waals surface area (Å²) >= 11 is 0. The van der Waals surface area contributed by atoms with Crippen molar-refractivity contribution in [3.8, 4) is 0 Å². The summed E-state index contributed by atoms with van der Waals surface area (Å²) in [7, 11) is -3.89. The van der Waals surface area contributed by atoms with Crippen LogP contribution in [0.4, 0.5) is 16.0 Å². The van der Waals surface area contributed by atoms with Gasteiger partial charge in [-0.3, -0.25) is 0 Å². The first kappa shape index (κ1) is 13.3. The number of aromatic nitrogens is 1. The minimum absolute atomic E-state index is 0.0157. The summed E-state index contributed by atoms with van der Waals surface area (Å²) in [4.78, 5) is -0.141. The Hall–Kier alpha value is -2.09. The highest BCUT2D eigenvalue weighted by molar-refractivity contribution is 7.92. The zero-order valence-corrected chi connectivity index (χ0v) is 11.1. The van der Waals surface area contributed by atoms with Gasteiger partial charge >= 0.3 is 0 Å². The number of nitrogen functional groups attached to an aromatic ring is 1. The molecule has 0 amide bonds. The molecule has 102 valence electrons. The third kappa shape index (κ3) is 2.68. The summed E-state index contributed by atoms with van der Waals surface area (Å²) in [5, 5.41) is 3.56. The van der Waals surface area contributed by atoms with Crippen molar-refractivity contribution in [2.24, 2.45) is 0 Å². The monoisotopic (exact) mass is 285 g/mol. The van der Waals surface area contributed by atoms with Gasteiger partial charge < -0.3 is 10.3 Å². The first-order valence-electron chi connectivity index (χ1n) is 5.31. The van der Waals surface area contributed by atoms with Crippen LogP contribution in [0.5, 0.6) is 0 Å². The van der Waals surface area contributed by atoms with Crippen LogP contribution >= 0.6 is 0 Å². The smallest absolute Gasteiger partial charge is 0.264 e. The molecular formula is C11H12FN3O3S. The second kappa shape index (κ2) is 4.54. The van der Waals surface area contributed by atoms with E-state index in [1.807, 2.05) is 0 Å². The third-order valence-corrected chi connectivity index (χ3v) is 3.76. The summed E-state index contributed by atoms with van der Waals surface area (Å²) in [6.07, 6.45) is 0. The number of hydrogen-bond acceptors (Lipinski definition) is 5. The summed E-state index contributed by atoms with van der Waals surface area (Å²) in [5.41, 5.74) is 5.87. The molecule has 19 heavy (non-hydrogen) atoms. The zero-order valence-electron chi connectivity index (χ0n) is 10.3. The number of hydrogen-bond donors (Lipinski definition) is 2. The highest BCUT2D eigenvalue weighted by Crippen LogP contribution is 2.23. The molecule has 8 heteroatoms. The molecule has 1 heterocycles. The van der Waals surface area contributed by atoms with Gasteiger partial charge in [-0.1, -0.05) is 5.16 Å². The van der Waals surface area contributed by atoms with E-state index in [4.69, 9.17) is 10.3 Å². The highest BCUT2D eigenvalue weighted by atomic mass is 32.2. The van der Waals surface area contributed by atoms with E-state index < -0.39 is 15.8 Å². The lowest BCUT2D eigenvalue weighted by molar-refractivity contribution is 0.430. The first-order chi connectivity index (χ1) is 8.79. The van der Waals surface area contributed by atoms with Gasteiger partial charge in [-0.2, -0.15) is 0 Å². The van der Waals surface area contributed by atoms with Crippen LogP contribution in [0.3, 0.4) is 0 Å². The molecule has 0 saturated carbocycles. The second-order valence-electron chi connectivity index (χ2n) is 4.08. The quantitative estimate of drug-likeness (QED) is 0.838. The second-order valence-corrected chi connectivity index (χ2v) is 5.76. The fourth-order valence-corrected chi connectivity index (χ4v) is 2.61. The minimum Gasteiger partial charge on any atom is -0.396 e. The van der Waals surface area contributed by atoms with Crippen molar-refractivity contribution in [2.45, 2.75) is 18.7 Å². The fraction of sp³-hybridized carbons (Fsp3) is 0.182. The molecule has 0 unspecified atom stereocenters. The van der Waals surface area contributed by atoms with Crippen LogP contribution in [0.2, 0.25) is 0 Å². The average molecular weight is 285 g/mol. The topological polar surface area (TPSA) is 98.2 Å². The maximum Gasteiger partial charge on any atom is 0.264 e. The van der Waals surface area contributed by atoms with Gasteiger partial charge in [0.05, 0.1) is 16.3 Å². The van der Waals surface area contributed by atoms with Gasteiger partial charge in [-0.25, -0.2) is 17.5 Å². The number of sulfonamides is 1. The molecule has 0 fully saturated rings. The SMILES string of the molecule is Cc1cc(NS(=O)(=O)c2cc(C)c(F)c(N)c2)on1. The Morgan fingerprint density at radius 3 is 2.53 bits per heavy atom. The molecule has 6 nitrogen and oxygen atoms in total. The molecule has 0 aliphatic heterocycles. The van der Waals surface area contributed by atoms with Crippen LogP contribution in [-0.4, -0.2) is 13.6 Å². The minimum atomic E-state index is -3.89. The Bertz CT molecular complexity index is 702. The lowest BCUT2D eigenvalue weighted by Crippen LogP contribution is -2.13. The number of nitrogens with zero attached hydrogens (tertiary/aromatic N) is 1. The van der Waals surface area contributed by atoms with Gasteiger partial charge in [0.15, 0.2) is 0 Å². The average Bonchev–Trinajstić information content (AvgIpc) is 2.70. The Morgan fingerprint density at radius 1 is 1.32 bits per heavy atom. The van der Waals surface area contributed by atoms with E-state index in [1.54, 1.807) is 6.92 Å². The molecule has 0 saturated heterocycles. The molecule has 0 bridgehead atoms. The van der Waals surface area contributed by atoms with Gasteiger partial charge in [0.2, 0.25) is 5.88 Å². The van der Waals surface area contributed by atoms with Gasteiger partial charge in [0.25, 0.3) is 10.0 Å². The van der Waals surface area contributed by atoms with Gasteiger partial charge in [0.1, 0.15) is 5.82 Å². The van der Waals surface area contributed by atoms with Crippen molar-refractivity contribution in [3.05, 3.63) is 35.3 Å². The van der Waals surface area contributed by atoms with Crippen LogP contribution < -0.4 is 10.5 Å². The highest BCUT2D eigenvalue weighted by Gasteiger charge is 2.19. The predicted octanol–water partition coefficient (Wildman–Crippen LogP) is 1.81. The Kier molecular flexibility index (Phi) is 3.19. The Morgan fingerprint density at radius 2 is 2.00 bits per heavy atom. The molecule has 0 radical (unpaired) electrons. The normalized spacial score (nSPS) is 11.5. The van der Waals surface area contributed by atoms with E-state index in [-0.39, 0.29) is 22.0 Å². The molecule has 3 N–H and O–H groups in total. The zero-order chi connectivity index (χ0) is 14.2. The number of aryl methyl sites for hydroxylation is 2. The largest absolute Gasteiger partial charge is 0.396 e. The molecule has 2 aromatic rings. The van der Waals surface area contributed by atoms with E-state index in [1.165, 1.54) is 19.1 Å². The predicted molar refractivity (Wildman–Crippen MR) is 67.6 cm³/mol. The molecule has 2 rings (SSSR count). The molecule has 1 aromatic heterocycles. The van der Waals surface area contributed by atoms with Crippen molar-refractivity contribution < 1.29 is 17.3 Å². The number of nitrogens with two attached hydrogens (primary N) is 1. The Balaban J connectivity index is 2.40. The van der Waals surface area contributed by atoms with E-state index in [0.29, 0.717) is 5.69 Å². The van der Waals surface area contributed by atoms with Crippen molar-refractivity contribution in [2.75, 3.05) is 10.5 Å². The lowest BCUT2D eigenvalue weighted by Gasteiger charge is -2.08. The number of benzene rings is 1. The van der Waals surface area contributed by atoms with E-state index >= 15 is 0 Å². The van der Waals surface area contributed by atoms with Gasteiger partial charge in [0, 0.05) is 6.07 Å². The first-order valence-corrected chi connectivity index (χ1v) is 6.79. The third-order valence-electron chi connectivity index (χ3n) is 2.43. The number of rotatable bonds is 3. The number of halogens is 1. The standard InChI is InChI=1S/C11H12FN3O3S/c1-6-3-8(5-9(13)11(6)12)19(16,17)15-10-4-7(2)14-18-10/h3-5,15H,13H2,1-2H3. The maximum absolute atomic E-state index is 13.4. The maximum atomic E-state index is 13.4. The molecule has 0 aliphatic carbocycles. The van der Waals surface area contributed by atoms with Crippen LogP contribution in [-0.2, 0) is 10.0 Å². The Labute approximate surface area is 109 Å². The van der Waals surface area contributed by atoms with E-state index in [0.717, 1.165) is 6.07 Å². The van der Waals surface area contributed by atoms with Crippen LogP contribution in [0.1, 0.15) is 11.3 Å². The summed E-state index contributed by atoms with van der Waals surface area (Å²) in [6, 6.07) is 3.67. The van der Waals surface area contributed by atoms with E-state index in [9.17, 15) is 12.8 Å². The molecule has 0 atom stereocenters. The summed E-state index contributed by atoms with van der Waals surface area (Å²) in [5.74, 6) is -0.646. The van der Waals surface area contributed by atoms with Gasteiger partial charge in [-0.05, 0) is 31.5 Å². The molecule has 0 spiro atoms. The van der Waals surface area contributed by atoms with Crippen molar-refractivity contribution in [1.82, 2.24) is 5.16 Å². The van der Waals surface area contributed by atoms with Crippen molar-refractivity contribution in [3.63, 3.8) is 0 Å². The molecular weight excluding hydrogens is 273 g/mol. The summed E-state index contributed by atoms with van der Waals surface area (Å²) in [6.45, 7) is 3.09. The number of nitrogens with one attached hydrogen (secondary N) is 1. The molecule has 1 aromatic carbocycles. The van der Waals surface area contributed by atoms with Crippen LogP contribution in [0, 0.1) is 19.7 Å². The van der Waals surface area contributed by atoms with Crippen LogP contribution in [0.15, 0.2) is 27.6 Å². The van der Waals surface area contributed by atoms with Gasteiger partial charge in [-0.15, -0.1) is 0 Å². The van der Waals surface area contributed by atoms with Crippen molar-refractivity contribution >= 4 is 21.6 Å². The lowest BCUT2D eigenvalue weighted by atomic mass is 10.2. The molecule has 0 aliphatic rings. The fourth-order valence-electron chi connectivity index (χ4n) is 1.52. The van der Waals surface area contributed by atoms with E-state index in [2.05, 4.69) is 9.88 Å². The number of anilines is 2.